The van der Waals surface area contributed by atoms with Crippen LogP contribution in [0.15, 0.2) is 0 Å². The average Bonchev–Trinajstić information content (AvgIpc) is 2.22. The minimum absolute atomic E-state index is 0.208. The molecule has 2 radical (unpaired) electrons. The molecule has 32 valence electrons. The van der Waals surface area contributed by atoms with Gasteiger partial charge in [-0.15, -0.1) is 0 Å². The zero-order valence-electron chi connectivity index (χ0n) is 3.90. The van der Waals surface area contributed by atoms with Crippen LogP contribution in [-0.4, -0.2) is 20.0 Å². The second kappa shape index (κ2) is 0.999. The lowest BCUT2D eigenvalue weighted by Crippen LogP contribution is -2.06. The molecule has 1 aliphatic heterocycles. The SMILES string of the molecule is [B]C1(CC)CO1. The van der Waals surface area contributed by atoms with E-state index in [1.165, 1.54) is 0 Å². The molecule has 0 aromatic heterocycles. The van der Waals surface area contributed by atoms with E-state index in [0.717, 1.165) is 13.0 Å². The van der Waals surface area contributed by atoms with E-state index < -0.39 is 0 Å². The van der Waals surface area contributed by atoms with Gasteiger partial charge in [0.2, 0.25) is 0 Å². The number of rotatable bonds is 1. The molecule has 0 aromatic rings. The normalized spacial score (nSPS) is 42.8. The van der Waals surface area contributed by atoms with Crippen LogP contribution in [0.25, 0.3) is 0 Å². The number of hydrogen-bond acceptors (Lipinski definition) is 1. The average molecular weight is 81.9 g/mol. The lowest BCUT2D eigenvalue weighted by molar-refractivity contribution is 0.373. The number of hydrogen-bond donors (Lipinski definition) is 0. The van der Waals surface area contributed by atoms with Crippen LogP contribution in [0.3, 0.4) is 0 Å². The second-order valence-corrected chi connectivity index (χ2v) is 1.71. The molecule has 1 heterocycles. The molecule has 6 heavy (non-hydrogen) atoms. The lowest BCUT2D eigenvalue weighted by Gasteiger charge is -1.92. The fraction of sp³-hybridized carbons (Fsp3) is 1.00. The highest BCUT2D eigenvalue weighted by Gasteiger charge is 2.35. The summed E-state index contributed by atoms with van der Waals surface area (Å²) in [5, 5.41) is 0. The van der Waals surface area contributed by atoms with Crippen LogP contribution < -0.4 is 0 Å². The van der Waals surface area contributed by atoms with Crippen LogP contribution in [0.2, 0.25) is 0 Å². The quantitative estimate of drug-likeness (QED) is 0.327. The first kappa shape index (κ1) is 4.19. The number of ether oxygens (including phenoxy) is 1. The van der Waals surface area contributed by atoms with Crippen molar-refractivity contribution in [3.05, 3.63) is 0 Å². The summed E-state index contributed by atoms with van der Waals surface area (Å²) < 4.78 is 4.82. The molecule has 0 amide bonds. The van der Waals surface area contributed by atoms with Gasteiger partial charge in [-0.3, -0.25) is 0 Å². The molecule has 0 aromatic carbocycles. The van der Waals surface area contributed by atoms with Crippen LogP contribution in [0.1, 0.15) is 13.3 Å². The maximum Gasteiger partial charge on any atom is 0.116 e. The predicted molar refractivity (Wildman–Crippen MR) is 24.7 cm³/mol. The third-order valence-electron chi connectivity index (χ3n) is 1.11. The van der Waals surface area contributed by atoms with E-state index in [1.807, 2.05) is 6.92 Å². The van der Waals surface area contributed by atoms with E-state index in [1.54, 1.807) is 0 Å². The Hall–Kier alpha value is 0.0249. The first-order chi connectivity index (χ1) is 2.77. The van der Waals surface area contributed by atoms with Crippen molar-refractivity contribution in [2.45, 2.75) is 18.8 Å². The Bertz CT molecular complexity index is 58.6. The van der Waals surface area contributed by atoms with Gasteiger partial charge in [0, 0.05) is 5.50 Å². The first-order valence-electron chi connectivity index (χ1n) is 2.20. The smallest absolute Gasteiger partial charge is 0.116 e. The minimum atomic E-state index is -0.208. The van der Waals surface area contributed by atoms with Crippen molar-refractivity contribution in [3.63, 3.8) is 0 Å². The first-order valence-corrected chi connectivity index (χ1v) is 2.20. The zero-order chi connectivity index (χ0) is 4.62. The van der Waals surface area contributed by atoms with Crippen molar-refractivity contribution in [2.24, 2.45) is 0 Å². The topological polar surface area (TPSA) is 12.5 Å². The molecule has 0 aliphatic carbocycles. The second-order valence-electron chi connectivity index (χ2n) is 1.71. The maximum absolute atomic E-state index is 5.42. The Morgan fingerprint density at radius 3 is 2.50 bits per heavy atom. The fourth-order valence-electron chi connectivity index (χ4n) is 0.297. The van der Waals surface area contributed by atoms with Gasteiger partial charge in [-0.25, -0.2) is 0 Å². The van der Waals surface area contributed by atoms with Gasteiger partial charge in [0.1, 0.15) is 7.85 Å². The van der Waals surface area contributed by atoms with Gasteiger partial charge < -0.3 is 4.74 Å². The van der Waals surface area contributed by atoms with E-state index in [9.17, 15) is 0 Å². The van der Waals surface area contributed by atoms with E-state index in [0.29, 0.717) is 0 Å². The number of epoxide rings is 1. The Balaban J connectivity index is 2.28. The summed E-state index contributed by atoms with van der Waals surface area (Å²) in [5.41, 5.74) is -0.208. The summed E-state index contributed by atoms with van der Waals surface area (Å²) in [7, 11) is 5.42. The van der Waals surface area contributed by atoms with Crippen molar-refractivity contribution in [1.82, 2.24) is 0 Å². The molecule has 1 atom stereocenters. The summed E-state index contributed by atoms with van der Waals surface area (Å²) in [6.07, 6.45) is 0.938. The Labute approximate surface area is 39.1 Å². The van der Waals surface area contributed by atoms with Crippen LogP contribution in [-0.2, 0) is 4.74 Å². The van der Waals surface area contributed by atoms with Crippen molar-refractivity contribution in [3.8, 4) is 0 Å². The van der Waals surface area contributed by atoms with E-state index in [4.69, 9.17) is 12.6 Å². The van der Waals surface area contributed by atoms with Gasteiger partial charge in [-0.2, -0.15) is 0 Å². The standard InChI is InChI=1S/C4H7BO/c1-2-4(5)3-6-4/h2-3H2,1H3. The largest absolute Gasteiger partial charge is 0.380 e. The summed E-state index contributed by atoms with van der Waals surface area (Å²) in [6, 6.07) is 0. The Morgan fingerprint density at radius 1 is 2.00 bits per heavy atom. The summed E-state index contributed by atoms with van der Waals surface area (Å²) in [4.78, 5) is 0. The van der Waals surface area contributed by atoms with E-state index >= 15 is 0 Å². The predicted octanol–water partition coefficient (Wildman–Crippen LogP) is 0.291. The molecular formula is C4H7BO. The molecule has 1 aliphatic rings. The Kier molecular flexibility index (Phi) is 0.698. The van der Waals surface area contributed by atoms with Crippen LogP contribution in [0, 0.1) is 0 Å². The highest BCUT2D eigenvalue weighted by Crippen LogP contribution is 2.25. The molecule has 1 unspecified atom stereocenters. The molecule has 0 bridgehead atoms. The van der Waals surface area contributed by atoms with Crippen molar-refractivity contribution in [1.29, 1.82) is 0 Å². The highest BCUT2D eigenvalue weighted by molar-refractivity contribution is 6.16. The molecule has 1 fully saturated rings. The molecule has 2 heteroatoms. The van der Waals surface area contributed by atoms with Crippen molar-refractivity contribution in [2.75, 3.05) is 6.61 Å². The lowest BCUT2D eigenvalue weighted by atomic mass is 9.86. The third kappa shape index (κ3) is 0.572. The van der Waals surface area contributed by atoms with Crippen LogP contribution in [0.5, 0.6) is 0 Å². The summed E-state index contributed by atoms with van der Waals surface area (Å²) >= 11 is 0. The molecule has 0 saturated carbocycles. The molecule has 1 nitrogen and oxygen atoms in total. The summed E-state index contributed by atoms with van der Waals surface area (Å²) in [6.45, 7) is 2.77. The molecule has 1 saturated heterocycles. The van der Waals surface area contributed by atoms with E-state index in [-0.39, 0.29) is 5.50 Å². The van der Waals surface area contributed by atoms with Gasteiger partial charge in [-0.1, -0.05) is 6.92 Å². The van der Waals surface area contributed by atoms with Crippen LogP contribution >= 0.6 is 0 Å². The van der Waals surface area contributed by atoms with Gasteiger partial charge in [0.25, 0.3) is 0 Å². The highest BCUT2D eigenvalue weighted by atomic mass is 16.6. The van der Waals surface area contributed by atoms with Gasteiger partial charge >= 0.3 is 0 Å². The molecule has 0 N–H and O–H groups in total. The maximum atomic E-state index is 5.42. The fourth-order valence-corrected chi connectivity index (χ4v) is 0.297. The van der Waals surface area contributed by atoms with Gasteiger partial charge in [0.05, 0.1) is 6.61 Å². The monoisotopic (exact) mass is 82.1 g/mol. The van der Waals surface area contributed by atoms with E-state index in [2.05, 4.69) is 0 Å². The van der Waals surface area contributed by atoms with Gasteiger partial charge in [0.15, 0.2) is 0 Å². The Morgan fingerprint density at radius 2 is 2.50 bits per heavy atom. The van der Waals surface area contributed by atoms with Crippen molar-refractivity contribution < 1.29 is 4.74 Å². The zero-order valence-corrected chi connectivity index (χ0v) is 3.90. The van der Waals surface area contributed by atoms with Crippen molar-refractivity contribution >= 4 is 7.85 Å². The minimum Gasteiger partial charge on any atom is -0.380 e. The third-order valence-corrected chi connectivity index (χ3v) is 1.11. The molecular weight excluding hydrogens is 74.9 g/mol. The molecule has 0 spiro atoms. The van der Waals surface area contributed by atoms with Gasteiger partial charge in [-0.05, 0) is 6.42 Å². The molecule has 1 rings (SSSR count). The summed E-state index contributed by atoms with van der Waals surface area (Å²) in [5.74, 6) is 0. The van der Waals surface area contributed by atoms with Crippen LogP contribution in [0.4, 0.5) is 0 Å².